The number of nitrogens with zero attached hydrogens (tertiary/aromatic N) is 2. The lowest BCUT2D eigenvalue weighted by Gasteiger charge is -2.25. The van der Waals surface area contributed by atoms with Crippen molar-refractivity contribution in [2.45, 2.75) is 31.9 Å². The van der Waals surface area contributed by atoms with Gasteiger partial charge in [-0.05, 0) is 30.5 Å². The van der Waals surface area contributed by atoms with Gasteiger partial charge in [-0.15, -0.1) is 13.2 Å². The lowest BCUT2D eigenvalue weighted by Crippen LogP contribution is -2.32. The van der Waals surface area contributed by atoms with Gasteiger partial charge >= 0.3 is 6.36 Å². The van der Waals surface area contributed by atoms with Gasteiger partial charge in [-0.2, -0.15) is 0 Å². The first-order valence-electron chi connectivity index (χ1n) is 8.24. The molecule has 0 radical (unpaired) electrons. The van der Waals surface area contributed by atoms with Crippen LogP contribution >= 0.6 is 0 Å². The smallest absolute Gasteiger partial charge is 0.487 e. The topological polar surface area (TPSA) is 54.8 Å². The summed E-state index contributed by atoms with van der Waals surface area (Å²) in [6.45, 7) is 1.15. The number of aliphatic hydroxyl groups is 1. The van der Waals surface area contributed by atoms with Crippen molar-refractivity contribution in [3.8, 4) is 11.5 Å². The molecular weight excluding hydrogens is 349 g/mol. The van der Waals surface area contributed by atoms with Crippen LogP contribution in [0.15, 0.2) is 42.7 Å². The van der Waals surface area contributed by atoms with Crippen molar-refractivity contribution >= 4 is 5.69 Å². The normalized spacial score (nSPS) is 17.4. The van der Waals surface area contributed by atoms with Crippen LogP contribution in [0, 0.1) is 0 Å². The molecule has 1 aliphatic rings. The van der Waals surface area contributed by atoms with E-state index in [1.165, 1.54) is 24.3 Å². The Morgan fingerprint density at radius 1 is 1.15 bits per heavy atom. The van der Waals surface area contributed by atoms with E-state index in [9.17, 15) is 18.3 Å². The van der Waals surface area contributed by atoms with Gasteiger partial charge in [0.25, 0.3) is 0 Å². The number of pyridine rings is 1. The second-order valence-electron chi connectivity index (χ2n) is 6.03. The first-order chi connectivity index (χ1) is 12.4. The van der Waals surface area contributed by atoms with E-state index in [1.807, 2.05) is 6.07 Å². The molecular formula is C18H19F3N2O3. The number of hydrogen-bond acceptors (Lipinski definition) is 5. The van der Waals surface area contributed by atoms with E-state index >= 15 is 0 Å². The molecule has 0 amide bonds. The monoisotopic (exact) mass is 368 g/mol. The molecule has 140 valence electrons. The molecule has 8 heteroatoms. The van der Waals surface area contributed by atoms with E-state index < -0.39 is 6.36 Å². The van der Waals surface area contributed by atoms with Gasteiger partial charge in [-0.1, -0.05) is 12.1 Å². The predicted octanol–water partition coefficient (Wildman–Crippen LogP) is 3.52. The van der Waals surface area contributed by atoms with Crippen LogP contribution in [0.3, 0.4) is 0 Å². The van der Waals surface area contributed by atoms with Crippen molar-refractivity contribution in [1.29, 1.82) is 0 Å². The van der Waals surface area contributed by atoms with Gasteiger partial charge in [0.15, 0.2) is 0 Å². The molecule has 0 unspecified atom stereocenters. The molecule has 2 aromatic rings. The Morgan fingerprint density at radius 2 is 1.92 bits per heavy atom. The SMILES string of the molecule is OC[C@H]1CCCN1c1cncc(OCc2ccc(OC(F)(F)F)cc2)c1. The summed E-state index contributed by atoms with van der Waals surface area (Å²) in [6.07, 6.45) is 0.557. The highest BCUT2D eigenvalue weighted by molar-refractivity contribution is 5.50. The van der Waals surface area contributed by atoms with Crippen molar-refractivity contribution in [1.82, 2.24) is 4.98 Å². The molecule has 1 aromatic heterocycles. The molecule has 5 nitrogen and oxygen atoms in total. The average Bonchev–Trinajstić information content (AvgIpc) is 3.09. The Kier molecular flexibility index (Phi) is 5.51. The maximum Gasteiger partial charge on any atom is 0.573 e. The zero-order valence-corrected chi connectivity index (χ0v) is 13.9. The molecule has 0 bridgehead atoms. The van der Waals surface area contributed by atoms with Crippen molar-refractivity contribution in [2.24, 2.45) is 0 Å². The number of halogens is 3. The number of benzene rings is 1. The number of alkyl halides is 3. The highest BCUT2D eigenvalue weighted by atomic mass is 19.4. The molecule has 1 aliphatic heterocycles. The number of rotatable bonds is 6. The van der Waals surface area contributed by atoms with Gasteiger partial charge < -0.3 is 19.5 Å². The van der Waals surface area contributed by atoms with E-state index in [1.54, 1.807) is 12.4 Å². The molecule has 0 saturated carbocycles. The Balaban J connectivity index is 1.60. The minimum Gasteiger partial charge on any atom is -0.487 e. The number of ether oxygens (including phenoxy) is 2. The number of aromatic nitrogens is 1. The number of aliphatic hydroxyl groups excluding tert-OH is 1. The first-order valence-corrected chi connectivity index (χ1v) is 8.24. The standard InChI is InChI=1S/C18H19F3N2O3/c19-18(20,21)26-16-5-3-13(4-6-16)12-25-17-8-15(9-22-10-17)23-7-1-2-14(23)11-24/h3-6,8-10,14,24H,1-2,7,11-12H2/t14-/m1/s1. The highest BCUT2D eigenvalue weighted by Gasteiger charge is 2.31. The molecule has 3 rings (SSSR count). The van der Waals surface area contributed by atoms with Crippen LogP contribution in [0.1, 0.15) is 18.4 Å². The van der Waals surface area contributed by atoms with Gasteiger partial charge in [-0.25, -0.2) is 0 Å². The van der Waals surface area contributed by atoms with Crippen molar-refractivity contribution in [2.75, 3.05) is 18.1 Å². The maximum absolute atomic E-state index is 12.2. The second kappa shape index (κ2) is 7.82. The first kappa shape index (κ1) is 18.3. The van der Waals surface area contributed by atoms with Crippen LogP contribution in [0.5, 0.6) is 11.5 Å². The van der Waals surface area contributed by atoms with E-state index in [2.05, 4.69) is 14.6 Å². The minimum absolute atomic E-state index is 0.0910. The van der Waals surface area contributed by atoms with Crippen molar-refractivity contribution < 1.29 is 27.8 Å². The van der Waals surface area contributed by atoms with Crippen LogP contribution < -0.4 is 14.4 Å². The maximum atomic E-state index is 12.2. The van der Waals surface area contributed by atoms with E-state index in [0.717, 1.165) is 25.1 Å². The third-order valence-corrected chi connectivity index (χ3v) is 4.18. The molecule has 1 saturated heterocycles. The summed E-state index contributed by atoms with van der Waals surface area (Å²) in [4.78, 5) is 6.27. The lowest BCUT2D eigenvalue weighted by atomic mass is 10.2. The second-order valence-corrected chi connectivity index (χ2v) is 6.03. The van der Waals surface area contributed by atoms with E-state index in [-0.39, 0.29) is 25.0 Å². The summed E-state index contributed by atoms with van der Waals surface area (Å²) in [5.74, 6) is 0.288. The van der Waals surface area contributed by atoms with Crippen LogP contribution in [0.4, 0.5) is 18.9 Å². The van der Waals surface area contributed by atoms with E-state index in [4.69, 9.17) is 4.74 Å². The van der Waals surface area contributed by atoms with Crippen molar-refractivity contribution in [3.05, 3.63) is 48.3 Å². The summed E-state index contributed by atoms with van der Waals surface area (Å²) >= 11 is 0. The van der Waals surface area contributed by atoms with Gasteiger partial charge in [0.2, 0.25) is 0 Å². The third kappa shape index (κ3) is 4.78. The van der Waals surface area contributed by atoms with Gasteiger partial charge in [0.1, 0.15) is 18.1 Å². The quantitative estimate of drug-likeness (QED) is 0.846. The van der Waals surface area contributed by atoms with Crippen LogP contribution in [0.25, 0.3) is 0 Å². The molecule has 1 atom stereocenters. The zero-order valence-electron chi connectivity index (χ0n) is 13.9. The Morgan fingerprint density at radius 3 is 2.62 bits per heavy atom. The van der Waals surface area contributed by atoms with Gasteiger partial charge in [0, 0.05) is 12.6 Å². The largest absolute Gasteiger partial charge is 0.573 e. The Hall–Kier alpha value is -2.48. The van der Waals surface area contributed by atoms with Gasteiger partial charge in [-0.3, -0.25) is 4.98 Å². The van der Waals surface area contributed by atoms with Crippen LogP contribution in [0.2, 0.25) is 0 Å². The zero-order chi connectivity index (χ0) is 18.6. The molecule has 0 aliphatic carbocycles. The number of hydrogen-bond donors (Lipinski definition) is 1. The fraction of sp³-hybridized carbons (Fsp3) is 0.389. The summed E-state index contributed by atoms with van der Waals surface area (Å²) in [5.41, 5.74) is 1.59. The highest BCUT2D eigenvalue weighted by Crippen LogP contribution is 2.28. The summed E-state index contributed by atoms with van der Waals surface area (Å²) in [5, 5.41) is 9.44. The Bertz CT molecular complexity index is 722. The predicted molar refractivity (Wildman–Crippen MR) is 89.1 cm³/mol. The van der Waals surface area contributed by atoms with Crippen LogP contribution in [-0.4, -0.2) is 35.6 Å². The minimum atomic E-state index is -4.70. The average molecular weight is 368 g/mol. The van der Waals surface area contributed by atoms with Crippen LogP contribution in [-0.2, 0) is 6.61 Å². The number of anilines is 1. The fourth-order valence-electron chi connectivity index (χ4n) is 2.96. The molecule has 26 heavy (non-hydrogen) atoms. The van der Waals surface area contributed by atoms with Gasteiger partial charge in [0.05, 0.1) is 30.7 Å². The summed E-state index contributed by atoms with van der Waals surface area (Å²) in [7, 11) is 0. The molecule has 1 aromatic carbocycles. The molecule has 1 N–H and O–H groups in total. The Labute approximate surface area is 149 Å². The molecule has 2 heterocycles. The summed E-state index contributed by atoms with van der Waals surface area (Å²) in [6, 6.07) is 7.46. The van der Waals surface area contributed by atoms with E-state index in [0.29, 0.717) is 11.3 Å². The molecule has 0 spiro atoms. The van der Waals surface area contributed by atoms with Crippen molar-refractivity contribution in [3.63, 3.8) is 0 Å². The fourth-order valence-corrected chi connectivity index (χ4v) is 2.96. The molecule has 1 fully saturated rings. The third-order valence-electron chi connectivity index (χ3n) is 4.18. The lowest BCUT2D eigenvalue weighted by molar-refractivity contribution is -0.274. The summed E-state index contributed by atoms with van der Waals surface area (Å²) < 4.78 is 46.0.